The van der Waals surface area contributed by atoms with Gasteiger partial charge >= 0.3 is 0 Å². The molecule has 1 fully saturated rings. The summed E-state index contributed by atoms with van der Waals surface area (Å²) in [5.41, 5.74) is 1.40. The number of halogens is 1. The van der Waals surface area contributed by atoms with Gasteiger partial charge in [0.2, 0.25) is 0 Å². The van der Waals surface area contributed by atoms with Gasteiger partial charge in [0.1, 0.15) is 5.69 Å². The number of rotatable bonds is 5. The smallest absolute Gasteiger partial charge is 0.291 e. The minimum absolute atomic E-state index is 0.139. The van der Waals surface area contributed by atoms with Crippen LogP contribution in [0.1, 0.15) is 18.4 Å². The van der Waals surface area contributed by atoms with E-state index in [9.17, 15) is 4.79 Å². The normalized spacial score (nSPS) is 14.2. The van der Waals surface area contributed by atoms with Gasteiger partial charge in [-0.1, -0.05) is 41.9 Å². The average Bonchev–Trinajstić information content (AvgIpc) is 3.27. The van der Waals surface area contributed by atoms with E-state index in [4.69, 9.17) is 11.6 Å². The molecule has 0 aliphatic heterocycles. The van der Waals surface area contributed by atoms with Crippen molar-refractivity contribution >= 4 is 17.3 Å². The Bertz CT molecular complexity index is 650. The third-order valence-electron chi connectivity index (χ3n) is 3.44. The fourth-order valence-corrected chi connectivity index (χ4v) is 2.28. The maximum Gasteiger partial charge on any atom is 0.291 e. The molecule has 0 amide bonds. The Morgan fingerprint density at radius 2 is 2.05 bits per heavy atom. The summed E-state index contributed by atoms with van der Waals surface area (Å²) < 4.78 is 1.51. The lowest BCUT2D eigenvalue weighted by molar-refractivity contribution is 0.534. The van der Waals surface area contributed by atoms with Gasteiger partial charge in [0, 0.05) is 13.1 Å². The summed E-state index contributed by atoms with van der Waals surface area (Å²) in [5, 5.41) is 7.61. The number of benzene rings is 1. The molecular formula is C15H16ClN3O. The predicted molar refractivity (Wildman–Crippen MR) is 80.0 cm³/mol. The summed E-state index contributed by atoms with van der Waals surface area (Å²) in [7, 11) is 0. The van der Waals surface area contributed by atoms with Crippen LogP contribution in [0.25, 0.3) is 0 Å². The summed E-state index contributed by atoms with van der Waals surface area (Å²) in [5.74, 6) is 0.600. The molecule has 0 unspecified atom stereocenters. The lowest BCUT2D eigenvalue weighted by Crippen LogP contribution is -2.26. The van der Waals surface area contributed by atoms with Crippen molar-refractivity contribution in [3.8, 4) is 0 Å². The van der Waals surface area contributed by atoms with Gasteiger partial charge in [0.05, 0.1) is 11.2 Å². The quantitative estimate of drug-likeness (QED) is 0.920. The number of hydrogen-bond acceptors (Lipinski definition) is 3. The monoisotopic (exact) mass is 289 g/mol. The van der Waals surface area contributed by atoms with Crippen molar-refractivity contribution < 1.29 is 0 Å². The molecule has 1 aliphatic carbocycles. The number of aromatic nitrogens is 2. The first-order valence-corrected chi connectivity index (χ1v) is 7.15. The summed E-state index contributed by atoms with van der Waals surface area (Å²) in [4.78, 5) is 12.3. The first kappa shape index (κ1) is 13.2. The molecule has 1 N–H and O–H groups in total. The zero-order valence-electron chi connectivity index (χ0n) is 11.1. The molecule has 1 aromatic heterocycles. The molecule has 2 aromatic rings. The molecule has 1 aromatic carbocycles. The molecule has 0 spiro atoms. The number of anilines is 1. The second kappa shape index (κ2) is 5.67. The Balaban J connectivity index is 1.79. The molecule has 1 aliphatic rings. The molecular weight excluding hydrogens is 274 g/mol. The first-order chi connectivity index (χ1) is 9.74. The molecule has 104 valence electrons. The van der Waals surface area contributed by atoms with Crippen LogP contribution in [0, 0.1) is 5.92 Å². The van der Waals surface area contributed by atoms with Gasteiger partial charge in [-0.2, -0.15) is 5.10 Å². The fourth-order valence-electron chi connectivity index (χ4n) is 2.09. The SMILES string of the molecule is O=c1c(NCc2ccccc2)c(Cl)cnn1CC1CC1. The topological polar surface area (TPSA) is 46.9 Å². The van der Waals surface area contributed by atoms with Crippen LogP contribution in [0.3, 0.4) is 0 Å². The Kier molecular flexibility index (Phi) is 3.74. The number of nitrogens with one attached hydrogen (secondary N) is 1. The number of nitrogens with zero attached hydrogens (tertiary/aromatic N) is 2. The van der Waals surface area contributed by atoms with Crippen molar-refractivity contribution in [2.45, 2.75) is 25.9 Å². The van der Waals surface area contributed by atoms with Crippen LogP contribution in [0.4, 0.5) is 5.69 Å². The van der Waals surface area contributed by atoms with Crippen molar-refractivity contribution in [3.63, 3.8) is 0 Å². The van der Waals surface area contributed by atoms with E-state index in [2.05, 4.69) is 10.4 Å². The highest BCUT2D eigenvalue weighted by molar-refractivity contribution is 6.32. The molecule has 5 heteroatoms. The number of hydrogen-bond donors (Lipinski definition) is 1. The molecule has 0 bridgehead atoms. The van der Waals surface area contributed by atoms with Gasteiger partial charge < -0.3 is 5.32 Å². The van der Waals surface area contributed by atoms with Crippen molar-refractivity contribution in [3.05, 3.63) is 57.5 Å². The average molecular weight is 290 g/mol. The van der Waals surface area contributed by atoms with Crippen molar-refractivity contribution in [1.82, 2.24) is 9.78 Å². The van der Waals surface area contributed by atoms with E-state index >= 15 is 0 Å². The summed E-state index contributed by atoms with van der Waals surface area (Å²) in [6.07, 6.45) is 3.91. The molecule has 1 saturated carbocycles. The zero-order chi connectivity index (χ0) is 13.9. The Labute approximate surface area is 122 Å². The molecule has 0 radical (unpaired) electrons. The van der Waals surface area contributed by atoms with Crippen LogP contribution < -0.4 is 10.9 Å². The van der Waals surface area contributed by atoms with Gasteiger partial charge in [-0.3, -0.25) is 4.79 Å². The van der Waals surface area contributed by atoms with E-state index in [-0.39, 0.29) is 5.56 Å². The van der Waals surface area contributed by atoms with Crippen LogP contribution in [0.5, 0.6) is 0 Å². The van der Waals surface area contributed by atoms with Gasteiger partial charge in [-0.15, -0.1) is 0 Å². The molecule has 20 heavy (non-hydrogen) atoms. The Morgan fingerprint density at radius 3 is 2.75 bits per heavy atom. The van der Waals surface area contributed by atoms with Gasteiger partial charge in [0.15, 0.2) is 0 Å². The van der Waals surface area contributed by atoms with Gasteiger partial charge in [-0.25, -0.2) is 4.68 Å². The maximum atomic E-state index is 12.3. The van der Waals surface area contributed by atoms with Crippen LogP contribution in [0.2, 0.25) is 5.02 Å². The van der Waals surface area contributed by atoms with E-state index in [0.29, 0.717) is 29.7 Å². The minimum atomic E-state index is -0.139. The fraction of sp³-hybridized carbons (Fsp3) is 0.333. The molecule has 0 saturated heterocycles. The third kappa shape index (κ3) is 3.02. The lowest BCUT2D eigenvalue weighted by atomic mass is 10.2. The predicted octanol–water partition coefficient (Wildman–Crippen LogP) is 2.92. The Morgan fingerprint density at radius 1 is 1.30 bits per heavy atom. The highest BCUT2D eigenvalue weighted by atomic mass is 35.5. The molecule has 0 atom stereocenters. The highest BCUT2D eigenvalue weighted by Crippen LogP contribution is 2.30. The maximum absolute atomic E-state index is 12.3. The van der Waals surface area contributed by atoms with Crippen LogP contribution in [-0.4, -0.2) is 9.78 Å². The molecule has 4 nitrogen and oxygen atoms in total. The first-order valence-electron chi connectivity index (χ1n) is 6.77. The van der Waals surface area contributed by atoms with E-state index in [1.54, 1.807) is 6.20 Å². The van der Waals surface area contributed by atoms with Crippen LogP contribution in [0.15, 0.2) is 41.3 Å². The van der Waals surface area contributed by atoms with E-state index in [0.717, 1.165) is 5.56 Å². The van der Waals surface area contributed by atoms with E-state index in [1.807, 2.05) is 30.3 Å². The summed E-state index contributed by atoms with van der Waals surface area (Å²) in [6, 6.07) is 9.91. The molecule has 3 rings (SSSR count). The summed E-state index contributed by atoms with van der Waals surface area (Å²) >= 11 is 6.08. The van der Waals surface area contributed by atoms with Crippen LogP contribution >= 0.6 is 11.6 Å². The van der Waals surface area contributed by atoms with E-state index < -0.39 is 0 Å². The second-order valence-corrected chi connectivity index (χ2v) is 5.54. The minimum Gasteiger partial charge on any atom is -0.375 e. The second-order valence-electron chi connectivity index (χ2n) is 5.14. The third-order valence-corrected chi connectivity index (χ3v) is 3.72. The van der Waals surface area contributed by atoms with Gasteiger partial charge in [-0.05, 0) is 24.3 Å². The summed E-state index contributed by atoms with van der Waals surface area (Å²) in [6.45, 7) is 1.26. The van der Waals surface area contributed by atoms with Gasteiger partial charge in [0.25, 0.3) is 5.56 Å². The van der Waals surface area contributed by atoms with Crippen molar-refractivity contribution in [2.75, 3.05) is 5.32 Å². The van der Waals surface area contributed by atoms with E-state index in [1.165, 1.54) is 17.5 Å². The zero-order valence-corrected chi connectivity index (χ0v) is 11.8. The van der Waals surface area contributed by atoms with Crippen LogP contribution in [-0.2, 0) is 13.1 Å². The van der Waals surface area contributed by atoms with Crippen molar-refractivity contribution in [1.29, 1.82) is 0 Å². The Hall–Kier alpha value is -1.81. The standard InChI is InChI=1S/C15H16ClN3O/c16-13-9-18-19(10-12-6-7-12)15(20)14(13)17-8-11-4-2-1-3-5-11/h1-5,9,12,17H,6-8,10H2. The van der Waals surface area contributed by atoms with Crippen molar-refractivity contribution in [2.24, 2.45) is 5.92 Å². The molecule has 1 heterocycles. The lowest BCUT2D eigenvalue weighted by Gasteiger charge is -2.10. The largest absolute Gasteiger partial charge is 0.375 e. The highest BCUT2D eigenvalue weighted by Gasteiger charge is 2.23.